The van der Waals surface area contributed by atoms with Gasteiger partial charge >= 0.3 is 0 Å². The van der Waals surface area contributed by atoms with E-state index in [0.29, 0.717) is 5.56 Å². The number of carbonyl (C=O) groups is 1. The van der Waals surface area contributed by atoms with Gasteiger partial charge < -0.3 is 4.74 Å². The summed E-state index contributed by atoms with van der Waals surface area (Å²) in [6.45, 7) is 1.94. The summed E-state index contributed by atoms with van der Waals surface area (Å²) in [6.07, 6.45) is 3.15. The number of halogens is 1. The first-order valence-electron chi connectivity index (χ1n) is 6.23. The van der Waals surface area contributed by atoms with Crippen molar-refractivity contribution in [3.05, 3.63) is 71.0 Å². The van der Waals surface area contributed by atoms with Gasteiger partial charge in [0.1, 0.15) is 11.6 Å². The molecular weight excluding hydrogens is 255 g/mol. The zero-order chi connectivity index (χ0) is 14.5. The van der Waals surface area contributed by atoms with Crippen molar-refractivity contribution >= 4 is 11.9 Å². The van der Waals surface area contributed by atoms with Gasteiger partial charge in [-0.1, -0.05) is 24.3 Å². The number of carbonyl (C=O) groups excluding carboxylic acids is 1. The van der Waals surface area contributed by atoms with Crippen LogP contribution in [0.1, 0.15) is 21.5 Å². The largest absolute Gasteiger partial charge is 0.496 e. The number of ketones is 1. The Labute approximate surface area is 117 Å². The molecule has 0 aromatic heterocycles. The van der Waals surface area contributed by atoms with E-state index in [2.05, 4.69) is 0 Å². The third-order valence-electron chi connectivity index (χ3n) is 2.96. The number of rotatable bonds is 4. The van der Waals surface area contributed by atoms with Crippen molar-refractivity contribution in [1.29, 1.82) is 0 Å². The van der Waals surface area contributed by atoms with E-state index in [1.165, 1.54) is 24.3 Å². The van der Waals surface area contributed by atoms with Gasteiger partial charge in [-0.25, -0.2) is 4.39 Å². The molecule has 3 heteroatoms. The number of aryl methyl sites for hydroxylation is 1. The van der Waals surface area contributed by atoms with E-state index < -0.39 is 5.82 Å². The van der Waals surface area contributed by atoms with Gasteiger partial charge in [-0.2, -0.15) is 0 Å². The first-order chi connectivity index (χ1) is 9.60. The summed E-state index contributed by atoms with van der Waals surface area (Å²) in [7, 11) is 1.62. The molecule has 0 spiro atoms. The average Bonchev–Trinajstić information content (AvgIpc) is 2.45. The van der Waals surface area contributed by atoms with Crippen molar-refractivity contribution in [2.24, 2.45) is 0 Å². The van der Waals surface area contributed by atoms with Gasteiger partial charge in [0.05, 0.1) is 7.11 Å². The van der Waals surface area contributed by atoms with Crippen LogP contribution >= 0.6 is 0 Å². The summed E-state index contributed by atoms with van der Waals surface area (Å²) in [5.74, 6) is 0.168. The van der Waals surface area contributed by atoms with Crippen LogP contribution in [0.4, 0.5) is 4.39 Å². The number of hydrogen-bond acceptors (Lipinski definition) is 2. The normalized spacial score (nSPS) is 10.8. The van der Waals surface area contributed by atoms with Crippen molar-refractivity contribution in [2.45, 2.75) is 6.92 Å². The molecule has 0 atom stereocenters. The third kappa shape index (κ3) is 3.32. The Bertz CT molecular complexity index is 660. The summed E-state index contributed by atoms with van der Waals surface area (Å²) < 4.78 is 18.2. The Morgan fingerprint density at radius 1 is 1.20 bits per heavy atom. The Kier molecular flexibility index (Phi) is 4.31. The van der Waals surface area contributed by atoms with Crippen LogP contribution < -0.4 is 4.74 Å². The molecular formula is C17H15FO2. The SMILES string of the molecule is COc1ccc(/C=C/C(=O)c2cccc(F)c2)cc1C. The van der Waals surface area contributed by atoms with Crippen molar-refractivity contribution in [1.82, 2.24) is 0 Å². The van der Waals surface area contributed by atoms with Crippen LogP contribution in [0.25, 0.3) is 6.08 Å². The van der Waals surface area contributed by atoms with Crippen molar-refractivity contribution < 1.29 is 13.9 Å². The molecule has 0 aliphatic rings. The second-order valence-electron chi connectivity index (χ2n) is 4.44. The lowest BCUT2D eigenvalue weighted by molar-refractivity contribution is 0.104. The van der Waals surface area contributed by atoms with Gasteiger partial charge in [0.15, 0.2) is 5.78 Å². The summed E-state index contributed by atoms with van der Waals surface area (Å²) in [5, 5.41) is 0. The lowest BCUT2D eigenvalue weighted by atomic mass is 10.1. The van der Waals surface area contributed by atoms with Crippen molar-refractivity contribution in [2.75, 3.05) is 7.11 Å². The minimum Gasteiger partial charge on any atom is -0.496 e. The van der Waals surface area contributed by atoms with Gasteiger partial charge in [0, 0.05) is 5.56 Å². The molecule has 0 aliphatic carbocycles. The number of benzene rings is 2. The predicted molar refractivity (Wildman–Crippen MR) is 77.5 cm³/mol. The van der Waals surface area contributed by atoms with Gasteiger partial charge in [-0.05, 0) is 48.4 Å². The summed E-state index contributed by atoms with van der Waals surface area (Å²) >= 11 is 0. The molecule has 0 unspecified atom stereocenters. The predicted octanol–water partition coefficient (Wildman–Crippen LogP) is 4.04. The number of hydrogen-bond donors (Lipinski definition) is 0. The van der Waals surface area contributed by atoms with Crippen LogP contribution in [0, 0.1) is 12.7 Å². The molecule has 0 fully saturated rings. The minimum absolute atomic E-state index is 0.224. The van der Waals surface area contributed by atoms with Crippen LogP contribution in [0.5, 0.6) is 5.75 Å². The Hall–Kier alpha value is -2.42. The minimum atomic E-state index is -0.412. The highest BCUT2D eigenvalue weighted by molar-refractivity contribution is 6.06. The van der Waals surface area contributed by atoms with Gasteiger partial charge in [0.2, 0.25) is 0 Å². The fraction of sp³-hybridized carbons (Fsp3) is 0.118. The molecule has 0 heterocycles. The lowest BCUT2D eigenvalue weighted by Gasteiger charge is -2.04. The third-order valence-corrected chi connectivity index (χ3v) is 2.96. The van der Waals surface area contributed by atoms with Gasteiger partial charge in [0.25, 0.3) is 0 Å². The molecule has 2 aromatic carbocycles. The molecule has 0 amide bonds. The molecule has 0 saturated carbocycles. The molecule has 0 aliphatic heterocycles. The van der Waals surface area contributed by atoms with E-state index in [1.807, 2.05) is 25.1 Å². The zero-order valence-corrected chi connectivity index (χ0v) is 11.4. The fourth-order valence-corrected chi connectivity index (χ4v) is 1.92. The Morgan fingerprint density at radius 2 is 2.00 bits per heavy atom. The molecule has 2 aromatic rings. The lowest BCUT2D eigenvalue weighted by Crippen LogP contribution is -1.94. The van der Waals surface area contributed by atoms with Crippen molar-refractivity contribution in [3.8, 4) is 5.75 Å². The highest BCUT2D eigenvalue weighted by Crippen LogP contribution is 2.19. The van der Waals surface area contributed by atoms with E-state index in [1.54, 1.807) is 19.3 Å². The second kappa shape index (κ2) is 6.15. The first-order valence-corrected chi connectivity index (χ1v) is 6.23. The topological polar surface area (TPSA) is 26.3 Å². The summed E-state index contributed by atoms with van der Waals surface area (Å²) in [5.41, 5.74) is 2.23. The smallest absolute Gasteiger partial charge is 0.185 e. The van der Waals surface area contributed by atoms with Crippen LogP contribution in [0.3, 0.4) is 0 Å². The second-order valence-corrected chi connectivity index (χ2v) is 4.44. The van der Waals surface area contributed by atoms with Crippen molar-refractivity contribution in [3.63, 3.8) is 0 Å². The highest BCUT2D eigenvalue weighted by Gasteiger charge is 2.03. The van der Waals surface area contributed by atoms with E-state index in [-0.39, 0.29) is 5.78 Å². The highest BCUT2D eigenvalue weighted by atomic mass is 19.1. The molecule has 2 nitrogen and oxygen atoms in total. The van der Waals surface area contributed by atoms with Crippen LogP contribution in [0.2, 0.25) is 0 Å². The van der Waals surface area contributed by atoms with E-state index >= 15 is 0 Å². The molecule has 0 N–H and O–H groups in total. The molecule has 20 heavy (non-hydrogen) atoms. The molecule has 0 bridgehead atoms. The zero-order valence-electron chi connectivity index (χ0n) is 11.4. The number of ether oxygens (including phenoxy) is 1. The quantitative estimate of drug-likeness (QED) is 0.619. The summed E-state index contributed by atoms with van der Waals surface area (Å²) in [4.78, 5) is 11.9. The van der Waals surface area contributed by atoms with Crippen LogP contribution in [-0.2, 0) is 0 Å². The average molecular weight is 270 g/mol. The Balaban J connectivity index is 2.17. The van der Waals surface area contributed by atoms with Crippen LogP contribution in [0.15, 0.2) is 48.5 Å². The molecule has 102 valence electrons. The van der Waals surface area contributed by atoms with E-state index in [0.717, 1.165) is 16.9 Å². The van der Waals surface area contributed by atoms with Gasteiger partial charge in [-0.15, -0.1) is 0 Å². The monoisotopic (exact) mass is 270 g/mol. The van der Waals surface area contributed by atoms with E-state index in [9.17, 15) is 9.18 Å². The summed E-state index contributed by atoms with van der Waals surface area (Å²) in [6, 6.07) is 11.3. The van der Waals surface area contributed by atoms with Gasteiger partial charge in [-0.3, -0.25) is 4.79 Å². The number of methoxy groups -OCH3 is 1. The number of allylic oxidation sites excluding steroid dienone is 1. The maximum atomic E-state index is 13.0. The molecule has 0 saturated heterocycles. The maximum Gasteiger partial charge on any atom is 0.185 e. The Morgan fingerprint density at radius 3 is 2.65 bits per heavy atom. The fourth-order valence-electron chi connectivity index (χ4n) is 1.92. The molecule has 2 rings (SSSR count). The maximum absolute atomic E-state index is 13.0. The van der Waals surface area contributed by atoms with E-state index in [4.69, 9.17) is 4.74 Å². The first kappa shape index (κ1) is 14.0. The molecule has 0 radical (unpaired) electrons. The standard InChI is InChI=1S/C17H15FO2/c1-12-10-13(7-9-17(12)20-2)6-8-16(19)14-4-3-5-15(18)11-14/h3-11H,1-2H3/b8-6+. The van der Waals surface area contributed by atoms with Crippen LogP contribution in [-0.4, -0.2) is 12.9 Å².